The maximum Gasteiger partial charge on any atom is 0.0358 e. The van der Waals surface area contributed by atoms with Crippen LogP contribution in [0, 0.1) is 5.92 Å². The molecule has 4 unspecified atom stereocenters. The highest BCUT2D eigenvalue weighted by Crippen LogP contribution is 2.39. The number of likely N-dealkylation sites (N-methyl/N-ethyl adjacent to an activating group) is 1. The van der Waals surface area contributed by atoms with Crippen molar-refractivity contribution >= 4 is 0 Å². The molecule has 0 aromatic carbocycles. The molecule has 0 aromatic rings. The fourth-order valence-corrected chi connectivity index (χ4v) is 4.07. The van der Waals surface area contributed by atoms with Crippen LogP contribution in [0.3, 0.4) is 0 Å². The van der Waals surface area contributed by atoms with Crippen molar-refractivity contribution in [3.63, 3.8) is 0 Å². The van der Waals surface area contributed by atoms with Crippen LogP contribution < -0.4 is 5.73 Å². The first-order valence-corrected chi connectivity index (χ1v) is 7.68. The highest BCUT2D eigenvalue weighted by molar-refractivity contribution is 5.01. The van der Waals surface area contributed by atoms with Gasteiger partial charge in [-0.05, 0) is 39.7 Å². The zero-order valence-electron chi connectivity index (χ0n) is 12.7. The van der Waals surface area contributed by atoms with Crippen molar-refractivity contribution in [3.05, 3.63) is 0 Å². The molecule has 1 aliphatic carbocycles. The van der Waals surface area contributed by atoms with Gasteiger partial charge in [0.25, 0.3) is 0 Å². The average molecular weight is 253 g/mol. The van der Waals surface area contributed by atoms with Gasteiger partial charge in [-0.2, -0.15) is 0 Å². The van der Waals surface area contributed by atoms with Crippen LogP contribution >= 0.6 is 0 Å². The van der Waals surface area contributed by atoms with E-state index in [1.165, 1.54) is 38.8 Å². The minimum atomic E-state index is 0.280. The van der Waals surface area contributed by atoms with Gasteiger partial charge in [0.2, 0.25) is 0 Å². The van der Waals surface area contributed by atoms with Crippen molar-refractivity contribution < 1.29 is 0 Å². The summed E-state index contributed by atoms with van der Waals surface area (Å²) in [6, 6.07) is 1.29. The lowest BCUT2D eigenvalue weighted by atomic mass is 9.71. The quantitative estimate of drug-likeness (QED) is 0.816. The van der Waals surface area contributed by atoms with Crippen molar-refractivity contribution in [2.75, 3.05) is 26.7 Å². The Morgan fingerprint density at radius 1 is 1.11 bits per heavy atom. The molecule has 1 saturated carbocycles. The summed E-state index contributed by atoms with van der Waals surface area (Å²) in [4.78, 5) is 5.24. The summed E-state index contributed by atoms with van der Waals surface area (Å²) in [5, 5.41) is 0. The first-order chi connectivity index (χ1) is 8.51. The molecule has 0 spiro atoms. The third-order valence-corrected chi connectivity index (χ3v) is 5.76. The third-order valence-electron chi connectivity index (χ3n) is 5.76. The SMILES string of the molecule is CC1CN(C2(CN)CCCCC2C)CC(C)N1C. The van der Waals surface area contributed by atoms with Crippen molar-refractivity contribution in [1.29, 1.82) is 0 Å². The molecule has 0 bridgehead atoms. The molecule has 2 rings (SSSR count). The fourth-order valence-electron chi connectivity index (χ4n) is 4.07. The van der Waals surface area contributed by atoms with Crippen LogP contribution in [0.15, 0.2) is 0 Å². The maximum atomic E-state index is 6.23. The zero-order chi connectivity index (χ0) is 13.3. The Morgan fingerprint density at radius 2 is 1.72 bits per heavy atom. The maximum absolute atomic E-state index is 6.23. The first-order valence-electron chi connectivity index (χ1n) is 7.68. The minimum Gasteiger partial charge on any atom is -0.329 e. The topological polar surface area (TPSA) is 32.5 Å². The summed E-state index contributed by atoms with van der Waals surface area (Å²) in [6.45, 7) is 10.3. The summed E-state index contributed by atoms with van der Waals surface area (Å²) < 4.78 is 0. The van der Waals surface area contributed by atoms with E-state index >= 15 is 0 Å². The smallest absolute Gasteiger partial charge is 0.0358 e. The van der Waals surface area contributed by atoms with Gasteiger partial charge >= 0.3 is 0 Å². The molecule has 0 amide bonds. The van der Waals surface area contributed by atoms with Gasteiger partial charge < -0.3 is 5.73 Å². The van der Waals surface area contributed by atoms with Crippen molar-refractivity contribution in [2.24, 2.45) is 11.7 Å². The predicted molar refractivity (Wildman–Crippen MR) is 77.7 cm³/mol. The fraction of sp³-hybridized carbons (Fsp3) is 1.00. The van der Waals surface area contributed by atoms with E-state index in [0.29, 0.717) is 12.1 Å². The van der Waals surface area contributed by atoms with Gasteiger partial charge in [-0.15, -0.1) is 0 Å². The second kappa shape index (κ2) is 5.48. The minimum absolute atomic E-state index is 0.280. The van der Waals surface area contributed by atoms with Crippen molar-refractivity contribution in [2.45, 2.75) is 64.1 Å². The summed E-state index contributed by atoms with van der Waals surface area (Å²) >= 11 is 0. The third kappa shape index (κ3) is 2.33. The van der Waals surface area contributed by atoms with E-state index in [2.05, 4.69) is 37.6 Å². The second-order valence-electron chi connectivity index (χ2n) is 6.72. The summed E-state index contributed by atoms with van der Waals surface area (Å²) in [7, 11) is 2.26. The largest absolute Gasteiger partial charge is 0.329 e. The van der Waals surface area contributed by atoms with Crippen LogP contribution in [0.5, 0.6) is 0 Å². The highest BCUT2D eigenvalue weighted by Gasteiger charge is 2.44. The monoisotopic (exact) mass is 253 g/mol. The van der Waals surface area contributed by atoms with E-state index in [4.69, 9.17) is 5.73 Å². The average Bonchev–Trinajstić information content (AvgIpc) is 2.36. The Labute approximate surface area is 113 Å². The van der Waals surface area contributed by atoms with Gasteiger partial charge in [0.15, 0.2) is 0 Å². The molecule has 2 N–H and O–H groups in total. The van der Waals surface area contributed by atoms with Gasteiger partial charge in [-0.1, -0.05) is 19.8 Å². The number of hydrogen-bond acceptors (Lipinski definition) is 3. The van der Waals surface area contributed by atoms with Crippen LogP contribution in [0.25, 0.3) is 0 Å². The lowest BCUT2D eigenvalue weighted by Gasteiger charge is -2.55. The molecule has 0 aromatic heterocycles. The van der Waals surface area contributed by atoms with Gasteiger partial charge in [0.05, 0.1) is 0 Å². The van der Waals surface area contributed by atoms with Crippen LogP contribution in [0.1, 0.15) is 46.5 Å². The second-order valence-corrected chi connectivity index (χ2v) is 6.72. The molecule has 18 heavy (non-hydrogen) atoms. The van der Waals surface area contributed by atoms with E-state index in [9.17, 15) is 0 Å². The predicted octanol–water partition coefficient (Wildman–Crippen LogP) is 1.92. The highest BCUT2D eigenvalue weighted by atomic mass is 15.3. The molecule has 2 fully saturated rings. The van der Waals surface area contributed by atoms with Gasteiger partial charge in [-0.3, -0.25) is 9.80 Å². The zero-order valence-corrected chi connectivity index (χ0v) is 12.7. The normalized spacial score (nSPS) is 44.2. The molecule has 106 valence electrons. The number of hydrogen-bond donors (Lipinski definition) is 1. The van der Waals surface area contributed by atoms with E-state index in [1.54, 1.807) is 0 Å². The van der Waals surface area contributed by atoms with E-state index in [1.807, 2.05) is 0 Å². The van der Waals surface area contributed by atoms with Crippen molar-refractivity contribution in [3.8, 4) is 0 Å². The standard InChI is InChI=1S/C15H31N3/c1-12-7-5-6-8-15(12,11-16)18-9-13(2)17(4)14(3)10-18/h12-14H,5-11,16H2,1-4H3. The van der Waals surface area contributed by atoms with Crippen LogP contribution in [-0.4, -0.2) is 54.1 Å². The van der Waals surface area contributed by atoms with Gasteiger partial charge in [-0.25, -0.2) is 0 Å². The van der Waals surface area contributed by atoms with Crippen LogP contribution in [0.2, 0.25) is 0 Å². The molecule has 2 aliphatic rings. The van der Waals surface area contributed by atoms with Crippen LogP contribution in [-0.2, 0) is 0 Å². The summed E-state index contributed by atoms with van der Waals surface area (Å²) in [5.41, 5.74) is 6.51. The molecular weight excluding hydrogens is 222 g/mol. The molecule has 1 aliphatic heterocycles. The molecule has 4 atom stereocenters. The molecule has 3 nitrogen and oxygen atoms in total. The molecule has 1 saturated heterocycles. The van der Waals surface area contributed by atoms with Gasteiger partial charge in [0.1, 0.15) is 0 Å². The van der Waals surface area contributed by atoms with Crippen LogP contribution in [0.4, 0.5) is 0 Å². The first kappa shape index (κ1) is 14.3. The van der Waals surface area contributed by atoms with Gasteiger partial charge in [0, 0.05) is 37.3 Å². The number of nitrogens with zero attached hydrogens (tertiary/aromatic N) is 2. The van der Waals surface area contributed by atoms with E-state index < -0.39 is 0 Å². The van der Waals surface area contributed by atoms with Crippen molar-refractivity contribution in [1.82, 2.24) is 9.80 Å². The molecule has 0 radical (unpaired) electrons. The molecule has 1 heterocycles. The Morgan fingerprint density at radius 3 is 2.22 bits per heavy atom. The number of nitrogens with two attached hydrogens (primary N) is 1. The molecule has 3 heteroatoms. The Bertz CT molecular complexity index is 269. The molecular formula is C15H31N3. The summed E-state index contributed by atoms with van der Waals surface area (Å²) in [6.07, 6.45) is 5.40. The number of rotatable bonds is 2. The van der Waals surface area contributed by atoms with E-state index in [0.717, 1.165) is 12.5 Å². The summed E-state index contributed by atoms with van der Waals surface area (Å²) in [5.74, 6) is 0.749. The number of piperazine rings is 1. The van der Waals surface area contributed by atoms with E-state index in [-0.39, 0.29) is 5.54 Å². The Balaban J connectivity index is 2.17. The Kier molecular flexibility index (Phi) is 4.35. The Hall–Kier alpha value is -0.120. The lowest BCUT2D eigenvalue weighted by molar-refractivity contribution is -0.0500. The lowest BCUT2D eigenvalue weighted by Crippen LogP contribution is -2.67.